The molecule has 0 saturated carbocycles. The second-order valence-corrected chi connectivity index (χ2v) is 8.38. The fourth-order valence-corrected chi connectivity index (χ4v) is 3.02. The van der Waals surface area contributed by atoms with Crippen LogP contribution in [0.2, 0.25) is 0 Å². The van der Waals surface area contributed by atoms with Crippen LogP contribution in [0.4, 0.5) is 0 Å². The summed E-state index contributed by atoms with van der Waals surface area (Å²) in [5.74, 6) is -3.22. The molecule has 0 radical (unpaired) electrons. The highest BCUT2D eigenvalue weighted by molar-refractivity contribution is 5.65. The van der Waals surface area contributed by atoms with E-state index in [0.717, 1.165) is 0 Å². The van der Waals surface area contributed by atoms with Crippen LogP contribution in [0.1, 0.15) is 0 Å². The zero-order valence-electron chi connectivity index (χ0n) is 17.5. The third-order valence-corrected chi connectivity index (χ3v) is 4.67. The Morgan fingerprint density at radius 3 is 1.84 bits per heavy atom. The molecule has 184 valence electrons. The van der Waals surface area contributed by atoms with Crippen LogP contribution in [0.3, 0.4) is 0 Å². The van der Waals surface area contributed by atoms with E-state index < -0.39 is 80.6 Å². The third-order valence-electron chi connectivity index (χ3n) is 4.67. The Morgan fingerprint density at radius 2 is 1.48 bits per heavy atom. The molecule has 2 heterocycles. The molecule has 0 aliphatic carbocycles. The quantitative estimate of drug-likeness (QED) is 0.166. The molecule has 2 aliphatic heterocycles. The number of carbonyl (C=O) groups excluding carboxylic acids is 1. The van der Waals surface area contributed by atoms with Crippen molar-refractivity contribution in [3.05, 3.63) is 0 Å². The Morgan fingerprint density at radius 1 is 0.935 bits per heavy atom. The minimum atomic E-state index is -2.22. The minimum absolute atomic E-state index is 0.0694. The van der Waals surface area contributed by atoms with Crippen LogP contribution in [0, 0.1) is 0 Å². The molecular weight excluding hydrogens is 426 g/mol. The van der Waals surface area contributed by atoms with E-state index >= 15 is 0 Å². The van der Waals surface area contributed by atoms with E-state index in [1.807, 2.05) is 0 Å². The maximum absolute atomic E-state index is 10.00. The Balaban J connectivity index is 0.000000512. The summed E-state index contributed by atoms with van der Waals surface area (Å²) in [6.07, 6.45) is -12.7. The number of hydrogen-bond donors (Lipinski definition) is 8. The largest absolute Gasteiger partial charge is 0.544 e. The fourth-order valence-electron chi connectivity index (χ4n) is 3.02. The van der Waals surface area contributed by atoms with Gasteiger partial charge in [-0.15, -0.1) is 0 Å². The molecule has 0 spiro atoms. The van der Waals surface area contributed by atoms with Gasteiger partial charge >= 0.3 is 0 Å². The molecule has 0 unspecified atom stereocenters. The van der Waals surface area contributed by atoms with Crippen molar-refractivity contribution in [1.29, 1.82) is 0 Å². The lowest BCUT2D eigenvalue weighted by atomic mass is 9.99. The van der Waals surface area contributed by atoms with Crippen molar-refractivity contribution in [2.45, 2.75) is 54.8 Å². The summed E-state index contributed by atoms with van der Waals surface area (Å²) in [5, 5.41) is 86.6. The first-order valence-electron chi connectivity index (χ1n) is 9.47. The summed E-state index contributed by atoms with van der Waals surface area (Å²) in [5.41, 5.74) is 0. The number of aliphatic carboxylic acids is 1. The van der Waals surface area contributed by atoms with E-state index in [0.29, 0.717) is 4.48 Å². The number of ether oxygens (including phenoxy) is 3. The number of aliphatic hydroxyl groups excluding tert-OH is 8. The van der Waals surface area contributed by atoms with Gasteiger partial charge in [0.25, 0.3) is 0 Å². The van der Waals surface area contributed by atoms with Gasteiger partial charge in [0.05, 0.1) is 40.3 Å². The highest BCUT2D eigenvalue weighted by atomic mass is 16.8. The normalized spacial score (nSPS) is 40.9. The average molecular weight is 459 g/mol. The summed E-state index contributed by atoms with van der Waals surface area (Å²) in [6.45, 7) is -2.25. The Labute approximate surface area is 178 Å². The van der Waals surface area contributed by atoms with Gasteiger partial charge in [-0.2, -0.15) is 0 Å². The van der Waals surface area contributed by atoms with E-state index in [-0.39, 0.29) is 6.54 Å². The SMILES string of the molecule is C[N+](C)(C)CC(=O)[O-].OC[C@H]1O[C@@](CO)(O[C@H]2O[C@H](CO)[C@@H](O)[C@H](O)[C@H]2O)[C@@H](O)[C@@H]1O. The number of carboxylic acid groups (broad SMARTS) is 1. The first-order valence-corrected chi connectivity index (χ1v) is 9.47. The third kappa shape index (κ3) is 6.98. The van der Waals surface area contributed by atoms with Crippen LogP contribution in [0.5, 0.6) is 0 Å². The number of aliphatic hydroxyl groups is 8. The first kappa shape index (κ1) is 28.0. The van der Waals surface area contributed by atoms with Gasteiger partial charge < -0.3 is 69.4 Å². The van der Waals surface area contributed by atoms with Crippen molar-refractivity contribution in [2.75, 3.05) is 47.5 Å². The second-order valence-electron chi connectivity index (χ2n) is 8.38. The van der Waals surface area contributed by atoms with Gasteiger partial charge in [-0.25, -0.2) is 0 Å². The van der Waals surface area contributed by atoms with Crippen LogP contribution in [-0.4, -0.2) is 154 Å². The molecule has 14 nitrogen and oxygen atoms in total. The number of rotatable bonds is 7. The summed E-state index contributed by atoms with van der Waals surface area (Å²) in [4.78, 5) is 9.89. The summed E-state index contributed by atoms with van der Waals surface area (Å²) >= 11 is 0. The number of carboxylic acids is 1. The Hall–Kier alpha value is -1.01. The second kappa shape index (κ2) is 11.2. The number of hydrogen-bond acceptors (Lipinski definition) is 13. The number of quaternary nitrogens is 1. The van der Waals surface area contributed by atoms with Crippen LogP contribution in [0.15, 0.2) is 0 Å². The molecule has 0 aromatic carbocycles. The zero-order valence-corrected chi connectivity index (χ0v) is 17.5. The van der Waals surface area contributed by atoms with E-state index in [2.05, 4.69) is 0 Å². The van der Waals surface area contributed by atoms with Gasteiger partial charge in [-0.1, -0.05) is 0 Å². The monoisotopic (exact) mass is 459 g/mol. The zero-order chi connectivity index (χ0) is 24.1. The molecule has 8 N–H and O–H groups in total. The standard InChI is InChI=1S/C12H22O11.C5H11NO2/c13-1-4-6(16)8(18)9(19)11(21-4)23-12(3-15)10(20)7(17)5(2-14)22-12;1-6(2,3)4-5(7)8/h4-11,13-20H,1-3H2;4H2,1-3H3/t4-,5-,6-,7-,8+,9-,10+,11-,12+;/m1./s1. The maximum Gasteiger partial charge on any atom is 0.224 e. The van der Waals surface area contributed by atoms with Crippen molar-refractivity contribution in [1.82, 2.24) is 0 Å². The fraction of sp³-hybridized carbons (Fsp3) is 0.941. The minimum Gasteiger partial charge on any atom is -0.544 e. The van der Waals surface area contributed by atoms with Crippen LogP contribution in [-0.2, 0) is 19.0 Å². The molecule has 0 amide bonds. The highest BCUT2D eigenvalue weighted by Crippen LogP contribution is 2.35. The predicted octanol–water partition coefficient (Wildman–Crippen LogP) is -6.95. The molecule has 0 bridgehead atoms. The van der Waals surface area contributed by atoms with E-state index in [9.17, 15) is 40.5 Å². The molecule has 2 aliphatic rings. The Kier molecular flexibility index (Phi) is 10.1. The van der Waals surface area contributed by atoms with Crippen molar-refractivity contribution < 1.29 is 69.4 Å². The molecule has 0 aromatic rings. The lowest BCUT2D eigenvalue weighted by Crippen LogP contribution is -2.62. The van der Waals surface area contributed by atoms with Crippen molar-refractivity contribution in [3.8, 4) is 0 Å². The van der Waals surface area contributed by atoms with Crippen molar-refractivity contribution >= 4 is 5.97 Å². The molecule has 31 heavy (non-hydrogen) atoms. The summed E-state index contributed by atoms with van der Waals surface area (Å²) in [6, 6.07) is 0. The van der Waals surface area contributed by atoms with E-state index in [4.69, 9.17) is 24.4 Å². The number of carbonyl (C=O) groups is 1. The van der Waals surface area contributed by atoms with Gasteiger partial charge in [-0.3, -0.25) is 0 Å². The lowest BCUT2D eigenvalue weighted by molar-refractivity contribution is -0.864. The van der Waals surface area contributed by atoms with Crippen LogP contribution in [0.25, 0.3) is 0 Å². The van der Waals surface area contributed by atoms with Crippen molar-refractivity contribution in [2.24, 2.45) is 0 Å². The number of likely N-dealkylation sites (N-methyl/N-ethyl adjacent to an activating group) is 1. The molecule has 2 fully saturated rings. The van der Waals surface area contributed by atoms with Gasteiger partial charge in [-0.05, 0) is 0 Å². The lowest BCUT2D eigenvalue weighted by Gasteiger charge is -2.43. The van der Waals surface area contributed by atoms with E-state index in [1.54, 1.807) is 21.1 Å². The van der Waals surface area contributed by atoms with Crippen LogP contribution < -0.4 is 5.11 Å². The summed E-state index contributed by atoms with van der Waals surface area (Å²) < 4.78 is 15.9. The molecule has 14 heteroatoms. The van der Waals surface area contributed by atoms with Gasteiger partial charge in [0.1, 0.15) is 55.9 Å². The molecule has 2 rings (SSSR count). The van der Waals surface area contributed by atoms with Gasteiger partial charge in [0.2, 0.25) is 5.79 Å². The topological polar surface area (TPSA) is 230 Å². The summed E-state index contributed by atoms with van der Waals surface area (Å²) in [7, 11) is 5.40. The Bertz CT molecular complexity index is 571. The van der Waals surface area contributed by atoms with Gasteiger partial charge in [0.15, 0.2) is 6.29 Å². The van der Waals surface area contributed by atoms with Gasteiger partial charge in [0, 0.05) is 0 Å². The van der Waals surface area contributed by atoms with E-state index in [1.165, 1.54) is 0 Å². The van der Waals surface area contributed by atoms with Crippen molar-refractivity contribution in [3.63, 3.8) is 0 Å². The molecule has 9 atom stereocenters. The maximum atomic E-state index is 10.00. The van der Waals surface area contributed by atoms with Crippen LogP contribution >= 0.6 is 0 Å². The smallest absolute Gasteiger partial charge is 0.224 e. The predicted molar refractivity (Wildman–Crippen MR) is 96.5 cm³/mol. The highest BCUT2D eigenvalue weighted by Gasteiger charge is 2.58. The molecule has 2 saturated heterocycles. The molecular formula is C17H33NO13. The first-order chi connectivity index (χ1) is 14.2. The average Bonchev–Trinajstić information content (AvgIpc) is 2.92. The molecule has 0 aromatic heterocycles. The number of nitrogens with zero attached hydrogens (tertiary/aromatic N) is 1.